The molecule has 3 nitrogen and oxygen atoms in total. The van der Waals surface area contributed by atoms with Crippen molar-refractivity contribution in [3.8, 4) is 17.2 Å². The third-order valence-electron chi connectivity index (χ3n) is 4.06. The van der Waals surface area contributed by atoms with Gasteiger partial charge in [-0.25, -0.2) is 0 Å². The highest BCUT2D eigenvalue weighted by atomic mass is 16.5. The van der Waals surface area contributed by atoms with E-state index in [0.717, 1.165) is 18.4 Å². The van der Waals surface area contributed by atoms with Gasteiger partial charge in [-0.05, 0) is 32.6 Å². The maximum Gasteiger partial charge on any atom is 0.126 e. The van der Waals surface area contributed by atoms with Gasteiger partial charge in [0.05, 0.1) is 7.11 Å². The highest BCUT2D eigenvalue weighted by Gasteiger charge is 2.30. The summed E-state index contributed by atoms with van der Waals surface area (Å²) >= 11 is 0. The topological polar surface area (TPSA) is 49.7 Å². The largest absolute Gasteiger partial charge is 0.507 e. The van der Waals surface area contributed by atoms with E-state index >= 15 is 0 Å². The van der Waals surface area contributed by atoms with E-state index in [1.807, 2.05) is 6.92 Å². The lowest BCUT2D eigenvalue weighted by atomic mass is 9.74. The molecule has 2 atom stereocenters. The molecule has 0 heterocycles. The maximum atomic E-state index is 10.2. The average molecular weight is 274 g/mol. The van der Waals surface area contributed by atoms with Crippen LogP contribution in [0.2, 0.25) is 0 Å². The molecule has 0 amide bonds. The van der Waals surface area contributed by atoms with Crippen LogP contribution in [0.5, 0.6) is 17.2 Å². The van der Waals surface area contributed by atoms with Crippen LogP contribution in [0.4, 0.5) is 0 Å². The SMILES string of the molecule is C=C(C)[C@@H]1CCC(C)=C[C@H]1c1c(O)cc(OC)cc1O. The number of phenolic OH excluding ortho intramolecular Hbond substituents is 2. The van der Waals surface area contributed by atoms with Crippen molar-refractivity contribution in [3.63, 3.8) is 0 Å². The van der Waals surface area contributed by atoms with Gasteiger partial charge in [-0.2, -0.15) is 0 Å². The first kappa shape index (κ1) is 14.5. The summed E-state index contributed by atoms with van der Waals surface area (Å²) in [5.41, 5.74) is 2.92. The Morgan fingerprint density at radius 1 is 1.30 bits per heavy atom. The molecule has 0 spiro atoms. The third-order valence-corrected chi connectivity index (χ3v) is 4.06. The highest BCUT2D eigenvalue weighted by Crippen LogP contribution is 2.47. The number of aromatic hydroxyl groups is 2. The van der Waals surface area contributed by atoms with E-state index in [4.69, 9.17) is 4.74 Å². The monoisotopic (exact) mass is 274 g/mol. The van der Waals surface area contributed by atoms with Gasteiger partial charge in [0.15, 0.2) is 0 Å². The van der Waals surface area contributed by atoms with Crippen LogP contribution in [0.3, 0.4) is 0 Å². The molecule has 108 valence electrons. The summed E-state index contributed by atoms with van der Waals surface area (Å²) in [6.45, 7) is 8.14. The molecular weight excluding hydrogens is 252 g/mol. The molecule has 0 radical (unpaired) electrons. The molecule has 0 unspecified atom stereocenters. The van der Waals surface area contributed by atoms with E-state index in [1.54, 1.807) is 12.1 Å². The smallest absolute Gasteiger partial charge is 0.126 e. The Kier molecular flexibility index (Phi) is 4.07. The standard InChI is InChI=1S/C17H22O3/c1-10(2)13-6-5-11(3)7-14(13)17-15(18)8-12(20-4)9-16(17)19/h7-9,13-14,18-19H,1,5-6H2,2-4H3/t13-,14+/m0/s1. The first-order valence-corrected chi connectivity index (χ1v) is 6.86. The van der Waals surface area contributed by atoms with E-state index < -0.39 is 0 Å². The number of rotatable bonds is 3. The van der Waals surface area contributed by atoms with Gasteiger partial charge < -0.3 is 14.9 Å². The Bertz CT molecular complexity index is 534. The minimum atomic E-state index is -0.0350. The van der Waals surface area contributed by atoms with Crippen LogP contribution < -0.4 is 4.74 Å². The summed E-state index contributed by atoms with van der Waals surface area (Å²) in [7, 11) is 1.51. The van der Waals surface area contributed by atoms with Crippen LogP contribution >= 0.6 is 0 Å². The lowest BCUT2D eigenvalue weighted by Crippen LogP contribution is -2.17. The predicted molar refractivity (Wildman–Crippen MR) is 80.4 cm³/mol. The van der Waals surface area contributed by atoms with E-state index in [0.29, 0.717) is 11.3 Å². The summed E-state index contributed by atoms with van der Waals surface area (Å²) in [6, 6.07) is 3.09. The Balaban J connectivity index is 2.52. The van der Waals surface area contributed by atoms with Crippen molar-refractivity contribution in [1.29, 1.82) is 0 Å². The fourth-order valence-corrected chi connectivity index (χ4v) is 2.96. The van der Waals surface area contributed by atoms with Crippen molar-refractivity contribution in [2.24, 2.45) is 5.92 Å². The third kappa shape index (κ3) is 2.67. The summed E-state index contributed by atoms with van der Waals surface area (Å²) in [5, 5.41) is 20.5. The first-order chi connectivity index (χ1) is 9.43. The molecule has 3 heteroatoms. The number of phenols is 2. The number of ether oxygens (including phenoxy) is 1. The molecule has 0 aromatic heterocycles. The molecule has 0 saturated carbocycles. The van der Waals surface area contributed by atoms with Crippen LogP contribution in [0, 0.1) is 5.92 Å². The van der Waals surface area contributed by atoms with Gasteiger partial charge in [0, 0.05) is 23.6 Å². The second-order valence-electron chi connectivity index (χ2n) is 5.61. The minimum Gasteiger partial charge on any atom is -0.507 e. The number of methoxy groups -OCH3 is 1. The van der Waals surface area contributed by atoms with E-state index in [9.17, 15) is 10.2 Å². The zero-order valence-electron chi connectivity index (χ0n) is 12.3. The van der Waals surface area contributed by atoms with Crippen LogP contribution in [-0.2, 0) is 0 Å². The lowest BCUT2D eigenvalue weighted by molar-refractivity contribution is 0.383. The summed E-state index contributed by atoms with van der Waals surface area (Å²) in [6.07, 6.45) is 4.16. The van der Waals surface area contributed by atoms with Crippen LogP contribution in [0.1, 0.15) is 38.2 Å². The molecule has 0 aliphatic heterocycles. The van der Waals surface area contributed by atoms with E-state index in [1.165, 1.54) is 12.7 Å². The van der Waals surface area contributed by atoms with Gasteiger partial charge in [-0.1, -0.05) is 23.8 Å². The summed E-state index contributed by atoms with van der Waals surface area (Å²) < 4.78 is 5.06. The van der Waals surface area contributed by atoms with Crippen molar-refractivity contribution in [2.75, 3.05) is 7.11 Å². The molecule has 0 fully saturated rings. The van der Waals surface area contributed by atoms with Gasteiger partial charge in [-0.15, -0.1) is 0 Å². The maximum absolute atomic E-state index is 10.2. The van der Waals surface area contributed by atoms with Gasteiger partial charge in [0.25, 0.3) is 0 Å². The minimum absolute atomic E-state index is 0.0350. The van der Waals surface area contributed by atoms with Gasteiger partial charge in [-0.3, -0.25) is 0 Å². The van der Waals surface area contributed by atoms with E-state index in [-0.39, 0.29) is 23.3 Å². The van der Waals surface area contributed by atoms with Crippen molar-refractivity contribution >= 4 is 0 Å². The fourth-order valence-electron chi connectivity index (χ4n) is 2.96. The lowest BCUT2D eigenvalue weighted by Gasteiger charge is -2.31. The molecule has 20 heavy (non-hydrogen) atoms. The molecule has 0 bridgehead atoms. The molecule has 2 rings (SSSR count). The van der Waals surface area contributed by atoms with Gasteiger partial charge in [0.2, 0.25) is 0 Å². The van der Waals surface area contributed by atoms with Gasteiger partial charge >= 0.3 is 0 Å². The van der Waals surface area contributed by atoms with Crippen molar-refractivity contribution < 1.29 is 14.9 Å². The fraction of sp³-hybridized carbons (Fsp3) is 0.412. The Hall–Kier alpha value is -1.90. The summed E-state index contributed by atoms with van der Waals surface area (Å²) in [4.78, 5) is 0. The molecule has 2 N–H and O–H groups in total. The molecule has 1 aromatic carbocycles. The van der Waals surface area contributed by atoms with Crippen molar-refractivity contribution in [2.45, 2.75) is 32.6 Å². The molecule has 1 aromatic rings. The second-order valence-corrected chi connectivity index (χ2v) is 5.61. The van der Waals surface area contributed by atoms with Crippen LogP contribution in [0.15, 0.2) is 35.9 Å². The van der Waals surface area contributed by atoms with Crippen LogP contribution in [0.25, 0.3) is 0 Å². The van der Waals surface area contributed by atoms with E-state index in [2.05, 4.69) is 19.6 Å². The zero-order valence-corrected chi connectivity index (χ0v) is 12.3. The quantitative estimate of drug-likeness (QED) is 0.815. The number of benzene rings is 1. The normalized spacial score (nSPS) is 22.2. The molecule has 0 saturated heterocycles. The Labute approximate surface area is 120 Å². The average Bonchev–Trinajstić information content (AvgIpc) is 2.37. The first-order valence-electron chi connectivity index (χ1n) is 6.86. The predicted octanol–water partition coefficient (Wildman–Crippen LogP) is 4.12. The summed E-state index contributed by atoms with van der Waals surface area (Å²) in [5.74, 6) is 0.802. The molecule has 1 aliphatic rings. The number of allylic oxidation sites excluding steroid dienone is 3. The van der Waals surface area contributed by atoms with Crippen LogP contribution in [-0.4, -0.2) is 17.3 Å². The zero-order chi connectivity index (χ0) is 14.9. The second kappa shape index (κ2) is 5.61. The Morgan fingerprint density at radius 2 is 1.90 bits per heavy atom. The highest BCUT2D eigenvalue weighted by molar-refractivity contribution is 5.53. The molecule has 1 aliphatic carbocycles. The number of hydrogen-bond donors (Lipinski definition) is 2. The van der Waals surface area contributed by atoms with Gasteiger partial charge in [0.1, 0.15) is 17.2 Å². The van der Waals surface area contributed by atoms with Crippen molar-refractivity contribution in [3.05, 3.63) is 41.5 Å². The Morgan fingerprint density at radius 3 is 2.40 bits per heavy atom. The molecular formula is C17H22O3. The number of hydrogen-bond acceptors (Lipinski definition) is 3. The van der Waals surface area contributed by atoms with Crippen molar-refractivity contribution in [1.82, 2.24) is 0 Å².